The Kier molecular flexibility index (Phi) is 5.65. The predicted molar refractivity (Wildman–Crippen MR) is 97.0 cm³/mol. The normalized spacial score (nSPS) is 15.9. The molecule has 1 aromatic carbocycles. The van der Waals surface area contributed by atoms with Crippen LogP contribution in [0.25, 0.3) is 0 Å². The summed E-state index contributed by atoms with van der Waals surface area (Å²) in [7, 11) is 1.79. The Morgan fingerprint density at radius 1 is 1.21 bits per heavy atom. The minimum Gasteiger partial charge on any atom is -0.352 e. The van der Waals surface area contributed by atoms with Gasteiger partial charge in [0.1, 0.15) is 0 Å². The smallest absolute Gasteiger partial charge is 0.241 e. The van der Waals surface area contributed by atoms with Crippen molar-refractivity contribution in [3.8, 4) is 0 Å². The second-order valence-electron chi connectivity index (χ2n) is 7.75. The summed E-state index contributed by atoms with van der Waals surface area (Å²) in [4.78, 5) is 26.0. The van der Waals surface area contributed by atoms with Gasteiger partial charge in [-0.3, -0.25) is 14.5 Å². The molecule has 0 spiro atoms. The molecular weight excluding hydrogens is 302 g/mol. The first-order valence-electron chi connectivity index (χ1n) is 8.58. The summed E-state index contributed by atoms with van der Waals surface area (Å²) in [5, 5.41) is 5.85. The lowest BCUT2D eigenvalue weighted by Gasteiger charge is -2.23. The van der Waals surface area contributed by atoms with Gasteiger partial charge in [-0.25, -0.2) is 0 Å². The van der Waals surface area contributed by atoms with Gasteiger partial charge in [-0.2, -0.15) is 0 Å². The van der Waals surface area contributed by atoms with E-state index in [1.165, 1.54) is 5.56 Å². The monoisotopic (exact) mass is 331 g/mol. The molecule has 5 nitrogen and oxygen atoms in total. The van der Waals surface area contributed by atoms with Crippen LogP contribution in [0.2, 0.25) is 0 Å². The molecule has 0 aliphatic heterocycles. The summed E-state index contributed by atoms with van der Waals surface area (Å²) < 4.78 is 0. The number of anilines is 1. The standard InChI is InChI=1S/C19H29N3O2/c1-13(22(5)12-17(23)20-15-10-11-15)18(24)21-16-8-6-14(7-9-16)19(2,3)4/h6-9,13,15H,10-12H2,1-5H3,(H,20,23)(H,21,24). The second kappa shape index (κ2) is 7.34. The van der Waals surface area contributed by atoms with Crippen LogP contribution in [-0.4, -0.2) is 42.4 Å². The van der Waals surface area contributed by atoms with Crippen LogP contribution in [0.1, 0.15) is 46.1 Å². The first kappa shape index (κ1) is 18.5. The lowest BCUT2D eigenvalue weighted by Crippen LogP contribution is -2.45. The number of benzene rings is 1. The number of carbonyl (C=O) groups is 2. The number of amides is 2. The van der Waals surface area contributed by atoms with E-state index in [0.717, 1.165) is 18.5 Å². The van der Waals surface area contributed by atoms with Crippen LogP contribution in [0.3, 0.4) is 0 Å². The molecule has 2 rings (SSSR count). The van der Waals surface area contributed by atoms with Crippen molar-refractivity contribution in [3.05, 3.63) is 29.8 Å². The quantitative estimate of drug-likeness (QED) is 0.842. The average Bonchev–Trinajstić information content (AvgIpc) is 3.29. The maximum absolute atomic E-state index is 12.4. The lowest BCUT2D eigenvalue weighted by atomic mass is 9.87. The fourth-order valence-electron chi connectivity index (χ4n) is 2.36. The lowest BCUT2D eigenvalue weighted by molar-refractivity contribution is -0.124. The number of hydrogen-bond donors (Lipinski definition) is 2. The highest BCUT2D eigenvalue weighted by atomic mass is 16.2. The minimum atomic E-state index is -0.378. The molecule has 1 aromatic rings. The Balaban J connectivity index is 1.86. The summed E-state index contributed by atoms with van der Waals surface area (Å²) in [5.74, 6) is -0.130. The van der Waals surface area contributed by atoms with E-state index in [4.69, 9.17) is 0 Å². The molecule has 2 N–H and O–H groups in total. The van der Waals surface area contributed by atoms with Crippen LogP contribution in [0.4, 0.5) is 5.69 Å². The molecule has 1 fully saturated rings. The second-order valence-corrected chi connectivity index (χ2v) is 7.75. The van der Waals surface area contributed by atoms with Gasteiger partial charge in [0.25, 0.3) is 0 Å². The van der Waals surface area contributed by atoms with E-state index in [1.54, 1.807) is 11.9 Å². The highest BCUT2D eigenvalue weighted by Crippen LogP contribution is 2.23. The van der Waals surface area contributed by atoms with Crippen molar-refractivity contribution >= 4 is 17.5 Å². The molecule has 1 unspecified atom stereocenters. The van der Waals surface area contributed by atoms with Crippen LogP contribution < -0.4 is 10.6 Å². The summed E-state index contributed by atoms with van der Waals surface area (Å²) in [6, 6.07) is 7.88. The third kappa shape index (κ3) is 5.34. The van der Waals surface area contributed by atoms with E-state index in [1.807, 2.05) is 31.2 Å². The molecule has 5 heteroatoms. The predicted octanol–water partition coefficient (Wildman–Crippen LogP) is 2.52. The van der Waals surface area contributed by atoms with Crippen molar-refractivity contribution in [2.75, 3.05) is 18.9 Å². The highest BCUT2D eigenvalue weighted by molar-refractivity contribution is 5.95. The molecule has 1 saturated carbocycles. The SMILES string of the molecule is CC(C(=O)Nc1ccc(C(C)(C)C)cc1)N(C)CC(=O)NC1CC1. The van der Waals surface area contributed by atoms with Gasteiger partial charge >= 0.3 is 0 Å². The van der Waals surface area contributed by atoms with Gasteiger partial charge in [0, 0.05) is 11.7 Å². The summed E-state index contributed by atoms with van der Waals surface area (Å²) in [6.45, 7) is 8.51. The maximum Gasteiger partial charge on any atom is 0.241 e. The van der Waals surface area contributed by atoms with Gasteiger partial charge in [-0.05, 0) is 49.9 Å². The maximum atomic E-state index is 12.4. The van der Waals surface area contributed by atoms with Crippen molar-refractivity contribution in [2.45, 2.75) is 58.0 Å². The Labute approximate surface area is 144 Å². The van der Waals surface area contributed by atoms with E-state index in [9.17, 15) is 9.59 Å². The molecule has 0 radical (unpaired) electrons. The van der Waals surface area contributed by atoms with Gasteiger partial charge in [0.2, 0.25) is 11.8 Å². The molecule has 0 bridgehead atoms. The number of nitrogens with one attached hydrogen (secondary N) is 2. The van der Waals surface area contributed by atoms with E-state index in [2.05, 4.69) is 31.4 Å². The van der Waals surface area contributed by atoms with Crippen molar-refractivity contribution in [2.24, 2.45) is 0 Å². The number of rotatable bonds is 6. The average molecular weight is 331 g/mol. The Morgan fingerprint density at radius 3 is 2.29 bits per heavy atom. The summed E-state index contributed by atoms with van der Waals surface area (Å²) in [5.41, 5.74) is 2.09. The van der Waals surface area contributed by atoms with Crippen LogP contribution >= 0.6 is 0 Å². The largest absolute Gasteiger partial charge is 0.352 e. The van der Waals surface area contributed by atoms with Crippen LogP contribution in [-0.2, 0) is 15.0 Å². The van der Waals surface area contributed by atoms with Crippen molar-refractivity contribution in [3.63, 3.8) is 0 Å². The number of hydrogen-bond acceptors (Lipinski definition) is 3. The van der Waals surface area contributed by atoms with E-state index in [-0.39, 0.29) is 29.8 Å². The Hall–Kier alpha value is -1.88. The van der Waals surface area contributed by atoms with Gasteiger partial charge in [-0.1, -0.05) is 32.9 Å². The van der Waals surface area contributed by atoms with E-state index >= 15 is 0 Å². The molecule has 24 heavy (non-hydrogen) atoms. The molecule has 0 aromatic heterocycles. The minimum absolute atomic E-state index is 0.0193. The molecule has 0 heterocycles. The fraction of sp³-hybridized carbons (Fsp3) is 0.579. The molecule has 1 atom stereocenters. The highest BCUT2D eigenvalue weighted by Gasteiger charge is 2.25. The van der Waals surface area contributed by atoms with Gasteiger partial charge < -0.3 is 10.6 Å². The molecule has 1 aliphatic carbocycles. The molecular formula is C19H29N3O2. The van der Waals surface area contributed by atoms with E-state index in [0.29, 0.717) is 6.04 Å². The summed E-state index contributed by atoms with van der Waals surface area (Å²) >= 11 is 0. The zero-order valence-corrected chi connectivity index (χ0v) is 15.3. The van der Waals surface area contributed by atoms with Crippen LogP contribution in [0.5, 0.6) is 0 Å². The fourth-order valence-corrected chi connectivity index (χ4v) is 2.36. The molecule has 2 amide bonds. The van der Waals surface area contributed by atoms with Crippen LogP contribution in [0, 0.1) is 0 Å². The molecule has 132 valence electrons. The van der Waals surface area contributed by atoms with Gasteiger partial charge in [0.15, 0.2) is 0 Å². The zero-order chi connectivity index (χ0) is 17.9. The third-order valence-corrected chi connectivity index (χ3v) is 4.39. The van der Waals surface area contributed by atoms with Crippen molar-refractivity contribution in [1.29, 1.82) is 0 Å². The van der Waals surface area contributed by atoms with Gasteiger partial charge in [0.05, 0.1) is 12.6 Å². The first-order valence-corrected chi connectivity index (χ1v) is 8.58. The number of likely N-dealkylation sites (N-methyl/N-ethyl adjacent to an activating group) is 1. The Bertz CT molecular complexity index is 586. The Morgan fingerprint density at radius 2 is 1.79 bits per heavy atom. The summed E-state index contributed by atoms with van der Waals surface area (Å²) in [6.07, 6.45) is 2.13. The molecule has 1 aliphatic rings. The van der Waals surface area contributed by atoms with Crippen molar-refractivity contribution in [1.82, 2.24) is 10.2 Å². The number of carbonyl (C=O) groups excluding carboxylic acids is 2. The zero-order valence-electron chi connectivity index (χ0n) is 15.3. The van der Waals surface area contributed by atoms with Gasteiger partial charge in [-0.15, -0.1) is 0 Å². The molecule has 0 saturated heterocycles. The van der Waals surface area contributed by atoms with Crippen LogP contribution in [0.15, 0.2) is 24.3 Å². The number of nitrogens with zero attached hydrogens (tertiary/aromatic N) is 1. The third-order valence-electron chi connectivity index (χ3n) is 4.39. The van der Waals surface area contributed by atoms with Crippen molar-refractivity contribution < 1.29 is 9.59 Å². The topological polar surface area (TPSA) is 61.4 Å². The first-order chi connectivity index (χ1) is 11.2. The van der Waals surface area contributed by atoms with E-state index < -0.39 is 0 Å².